The van der Waals surface area contributed by atoms with Crippen LogP contribution in [0.5, 0.6) is 11.5 Å². The maximum Gasteiger partial charge on any atom is 0.300 e. The summed E-state index contributed by atoms with van der Waals surface area (Å²) in [6, 6.07) is 15.3. The molecule has 7 heteroatoms. The van der Waals surface area contributed by atoms with Crippen LogP contribution < -0.4 is 14.4 Å². The number of ketones is 1. The molecule has 0 saturated carbocycles. The highest BCUT2D eigenvalue weighted by molar-refractivity contribution is 7.10. The van der Waals surface area contributed by atoms with Crippen LogP contribution in [0.2, 0.25) is 0 Å². The molecule has 2 heterocycles. The Kier molecular flexibility index (Phi) is 7.03. The first-order valence-corrected chi connectivity index (χ1v) is 12.1. The standard InChI is InChI=1S/C27H27NO5S/c1-4-14-33-21-13-8-18(16-17(21)3)25(29)23-24(22-7-6-15-34-22)28(27(31)26(23)30)19-9-11-20(12-10-19)32-5-2/h6-13,15-16,24,29H,4-5,14H2,1-3H3/b25-23-. The van der Waals surface area contributed by atoms with E-state index in [4.69, 9.17) is 9.47 Å². The van der Waals surface area contributed by atoms with Crippen LogP contribution in [-0.2, 0) is 9.59 Å². The van der Waals surface area contributed by atoms with Gasteiger partial charge in [0.1, 0.15) is 23.3 Å². The Hall–Kier alpha value is -3.58. The van der Waals surface area contributed by atoms with Gasteiger partial charge in [-0.2, -0.15) is 0 Å². The van der Waals surface area contributed by atoms with Crippen molar-refractivity contribution >= 4 is 34.5 Å². The zero-order valence-corrected chi connectivity index (χ0v) is 20.2. The van der Waals surface area contributed by atoms with E-state index in [9.17, 15) is 14.7 Å². The highest BCUT2D eigenvalue weighted by Crippen LogP contribution is 2.44. The number of nitrogens with zero attached hydrogens (tertiary/aromatic N) is 1. The summed E-state index contributed by atoms with van der Waals surface area (Å²) in [4.78, 5) is 28.6. The third-order valence-corrected chi connectivity index (χ3v) is 6.52. The lowest BCUT2D eigenvalue weighted by Crippen LogP contribution is -2.29. The molecular formula is C27H27NO5S. The van der Waals surface area contributed by atoms with Gasteiger partial charge in [0.15, 0.2) is 0 Å². The summed E-state index contributed by atoms with van der Waals surface area (Å²) in [6.45, 7) is 6.94. The predicted molar refractivity (Wildman–Crippen MR) is 134 cm³/mol. The molecule has 1 aliphatic rings. The van der Waals surface area contributed by atoms with Crippen molar-refractivity contribution in [2.45, 2.75) is 33.2 Å². The number of amides is 1. The van der Waals surface area contributed by atoms with Gasteiger partial charge in [-0.25, -0.2) is 0 Å². The lowest BCUT2D eigenvalue weighted by Gasteiger charge is -2.24. The highest BCUT2D eigenvalue weighted by Gasteiger charge is 2.47. The number of carbonyl (C=O) groups excluding carboxylic acids is 2. The van der Waals surface area contributed by atoms with Crippen LogP contribution in [0.15, 0.2) is 65.6 Å². The van der Waals surface area contributed by atoms with Crippen LogP contribution >= 0.6 is 11.3 Å². The van der Waals surface area contributed by atoms with E-state index >= 15 is 0 Å². The number of anilines is 1. The summed E-state index contributed by atoms with van der Waals surface area (Å²) in [6.07, 6.45) is 0.886. The third-order valence-electron chi connectivity index (χ3n) is 5.59. The van der Waals surface area contributed by atoms with E-state index < -0.39 is 17.7 Å². The Morgan fingerprint density at radius 3 is 2.44 bits per heavy atom. The molecule has 0 aliphatic carbocycles. The molecule has 34 heavy (non-hydrogen) atoms. The zero-order chi connectivity index (χ0) is 24.2. The highest BCUT2D eigenvalue weighted by atomic mass is 32.1. The van der Waals surface area contributed by atoms with Crippen LogP contribution in [0.1, 0.15) is 42.3 Å². The molecule has 0 radical (unpaired) electrons. The van der Waals surface area contributed by atoms with Gasteiger partial charge in [-0.15, -0.1) is 11.3 Å². The van der Waals surface area contributed by atoms with Gasteiger partial charge in [0.2, 0.25) is 0 Å². The molecule has 1 fully saturated rings. The van der Waals surface area contributed by atoms with E-state index in [1.807, 2.05) is 38.3 Å². The number of rotatable bonds is 8. The van der Waals surface area contributed by atoms with E-state index in [1.165, 1.54) is 16.2 Å². The largest absolute Gasteiger partial charge is 0.507 e. The number of hydrogen-bond donors (Lipinski definition) is 1. The summed E-state index contributed by atoms with van der Waals surface area (Å²) in [5.41, 5.74) is 1.93. The number of aliphatic hydroxyl groups excluding tert-OH is 1. The average Bonchev–Trinajstić information content (AvgIpc) is 3.46. The summed E-state index contributed by atoms with van der Waals surface area (Å²) in [5.74, 6) is -0.188. The minimum atomic E-state index is -0.728. The minimum Gasteiger partial charge on any atom is -0.507 e. The van der Waals surface area contributed by atoms with Crippen molar-refractivity contribution < 1.29 is 24.2 Å². The van der Waals surface area contributed by atoms with E-state index in [1.54, 1.807) is 42.5 Å². The van der Waals surface area contributed by atoms with Crippen LogP contribution in [0, 0.1) is 6.92 Å². The SMILES string of the molecule is CCCOc1ccc(/C(O)=C2/C(=O)C(=O)N(c3ccc(OCC)cc3)C2c2cccs2)cc1C. The number of benzene rings is 2. The van der Waals surface area contributed by atoms with E-state index in [2.05, 4.69) is 0 Å². The summed E-state index contributed by atoms with van der Waals surface area (Å²) in [5, 5.41) is 13.2. The summed E-state index contributed by atoms with van der Waals surface area (Å²) >= 11 is 1.43. The molecule has 2 aromatic carbocycles. The molecule has 176 valence electrons. The van der Waals surface area contributed by atoms with Gasteiger partial charge in [0.05, 0.1) is 18.8 Å². The van der Waals surface area contributed by atoms with Crippen LogP contribution in [0.3, 0.4) is 0 Å². The second-order valence-corrected chi connectivity index (χ2v) is 8.92. The lowest BCUT2D eigenvalue weighted by molar-refractivity contribution is -0.132. The molecule has 1 aromatic heterocycles. The number of thiophene rings is 1. The van der Waals surface area contributed by atoms with Crippen molar-refractivity contribution in [2.24, 2.45) is 0 Å². The molecule has 1 atom stereocenters. The van der Waals surface area contributed by atoms with Crippen molar-refractivity contribution in [1.29, 1.82) is 0 Å². The fourth-order valence-corrected chi connectivity index (χ4v) is 4.83. The number of hydrogen-bond acceptors (Lipinski definition) is 6. The number of aliphatic hydroxyl groups is 1. The Bertz CT molecular complexity index is 1210. The quantitative estimate of drug-likeness (QED) is 0.249. The van der Waals surface area contributed by atoms with Gasteiger partial charge in [-0.1, -0.05) is 13.0 Å². The first-order valence-electron chi connectivity index (χ1n) is 11.3. The first kappa shape index (κ1) is 23.6. The second-order valence-electron chi connectivity index (χ2n) is 7.94. The number of ether oxygens (including phenoxy) is 2. The molecule has 1 amide bonds. The summed E-state index contributed by atoms with van der Waals surface area (Å²) < 4.78 is 11.2. The Morgan fingerprint density at radius 1 is 1.06 bits per heavy atom. The van der Waals surface area contributed by atoms with E-state index in [0.29, 0.717) is 30.2 Å². The molecular weight excluding hydrogens is 450 g/mol. The van der Waals surface area contributed by atoms with Gasteiger partial charge in [0, 0.05) is 16.1 Å². The zero-order valence-electron chi connectivity index (χ0n) is 19.4. The number of carbonyl (C=O) groups is 2. The fourth-order valence-electron chi connectivity index (χ4n) is 4.01. The molecule has 1 saturated heterocycles. The minimum absolute atomic E-state index is 0.0722. The van der Waals surface area contributed by atoms with Crippen molar-refractivity contribution in [1.82, 2.24) is 0 Å². The van der Waals surface area contributed by atoms with Crippen LogP contribution in [0.4, 0.5) is 5.69 Å². The van der Waals surface area contributed by atoms with Crippen molar-refractivity contribution in [3.8, 4) is 11.5 Å². The van der Waals surface area contributed by atoms with Crippen LogP contribution in [0.25, 0.3) is 5.76 Å². The van der Waals surface area contributed by atoms with Gasteiger partial charge in [-0.3, -0.25) is 14.5 Å². The Morgan fingerprint density at radius 2 is 1.82 bits per heavy atom. The molecule has 1 unspecified atom stereocenters. The maximum absolute atomic E-state index is 13.2. The Labute approximate surface area is 203 Å². The van der Waals surface area contributed by atoms with E-state index in [-0.39, 0.29) is 11.3 Å². The van der Waals surface area contributed by atoms with Crippen molar-refractivity contribution in [3.05, 3.63) is 81.6 Å². The number of Topliss-reactive ketones (excluding diaryl/α,β-unsaturated/α-hetero) is 1. The average molecular weight is 478 g/mol. The molecule has 1 aliphatic heterocycles. The number of aryl methyl sites for hydroxylation is 1. The van der Waals surface area contributed by atoms with Gasteiger partial charge < -0.3 is 14.6 Å². The molecule has 3 aromatic rings. The lowest BCUT2D eigenvalue weighted by atomic mass is 9.98. The molecule has 0 spiro atoms. The van der Waals surface area contributed by atoms with Gasteiger partial charge in [0.25, 0.3) is 11.7 Å². The van der Waals surface area contributed by atoms with Gasteiger partial charge >= 0.3 is 0 Å². The Balaban J connectivity index is 1.80. The maximum atomic E-state index is 13.2. The topological polar surface area (TPSA) is 76.1 Å². The normalized spacial score (nSPS) is 17.3. The van der Waals surface area contributed by atoms with Crippen molar-refractivity contribution in [2.75, 3.05) is 18.1 Å². The second kappa shape index (κ2) is 10.1. The fraction of sp³-hybridized carbons (Fsp3) is 0.259. The molecule has 6 nitrogen and oxygen atoms in total. The molecule has 1 N–H and O–H groups in total. The van der Waals surface area contributed by atoms with E-state index in [0.717, 1.165) is 22.6 Å². The summed E-state index contributed by atoms with van der Waals surface area (Å²) in [7, 11) is 0. The first-order chi connectivity index (χ1) is 16.5. The monoisotopic (exact) mass is 477 g/mol. The molecule has 4 rings (SSSR count). The smallest absolute Gasteiger partial charge is 0.300 e. The van der Waals surface area contributed by atoms with Gasteiger partial charge in [-0.05, 0) is 79.7 Å². The van der Waals surface area contributed by atoms with Crippen LogP contribution in [-0.4, -0.2) is 30.0 Å². The van der Waals surface area contributed by atoms with Crippen molar-refractivity contribution in [3.63, 3.8) is 0 Å². The third kappa shape index (κ3) is 4.43. The molecule has 0 bridgehead atoms. The predicted octanol–water partition coefficient (Wildman–Crippen LogP) is 5.87.